The van der Waals surface area contributed by atoms with Gasteiger partial charge >= 0.3 is 0 Å². The number of piperazine rings is 1. The van der Waals surface area contributed by atoms with Crippen molar-refractivity contribution in [3.8, 4) is 11.8 Å². The average Bonchev–Trinajstić information content (AvgIpc) is 2.68. The molecule has 0 aliphatic carbocycles. The van der Waals surface area contributed by atoms with E-state index >= 15 is 0 Å². The summed E-state index contributed by atoms with van der Waals surface area (Å²) in [6.45, 7) is 4.01. The molecular formula is C19H23N3O3. The summed E-state index contributed by atoms with van der Waals surface area (Å²) < 4.78 is 10.3. The molecular weight excluding hydrogens is 318 g/mol. The summed E-state index contributed by atoms with van der Waals surface area (Å²) in [5.74, 6) is 0.684. The first-order chi connectivity index (χ1) is 12.2. The molecule has 0 bridgehead atoms. The second-order valence-corrected chi connectivity index (χ2v) is 5.96. The van der Waals surface area contributed by atoms with Crippen LogP contribution in [0.3, 0.4) is 0 Å². The highest BCUT2D eigenvalue weighted by molar-refractivity contribution is 5.96. The molecule has 1 saturated heterocycles. The molecule has 0 saturated carbocycles. The largest absolute Gasteiger partial charge is 0.481 e. The van der Waals surface area contributed by atoms with Crippen LogP contribution in [-0.4, -0.2) is 61.1 Å². The fraction of sp³-hybridized carbons (Fsp3) is 0.368. The summed E-state index contributed by atoms with van der Waals surface area (Å²) in [5.41, 5.74) is 1.77. The molecule has 0 atom stereocenters. The lowest BCUT2D eigenvalue weighted by atomic mass is 10.2. The molecule has 6 heteroatoms. The Morgan fingerprint density at radius 2 is 1.72 bits per heavy atom. The molecule has 25 heavy (non-hydrogen) atoms. The van der Waals surface area contributed by atoms with E-state index in [1.165, 1.54) is 19.8 Å². The lowest BCUT2D eigenvalue weighted by molar-refractivity contribution is 0.0624. The van der Waals surface area contributed by atoms with Crippen LogP contribution in [0, 0.1) is 0 Å². The Bertz CT molecular complexity index is 713. The molecule has 0 N–H and O–H groups in total. The average molecular weight is 341 g/mol. The first-order valence-corrected chi connectivity index (χ1v) is 8.36. The molecule has 1 amide bonds. The van der Waals surface area contributed by atoms with Crippen LogP contribution in [0.1, 0.15) is 15.9 Å². The SMILES string of the molecule is COc1ccc(C(=O)N2CCN(Cc3ccccc3)CC2)c(OC)n1. The zero-order valence-electron chi connectivity index (χ0n) is 14.6. The van der Waals surface area contributed by atoms with Crippen molar-refractivity contribution in [1.82, 2.24) is 14.8 Å². The van der Waals surface area contributed by atoms with Gasteiger partial charge in [0, 0.05) is 38.8 Å². The number of hydrogen-bond acceptors (Lipinski definition) is 5. The van der Waals surface area contributed by atoms with Crippen LogP contribution in [-0.2, 0) is 6.54 Å². The predicted molar refractivity (Wildman–Crippen MR) is 95.0 cm³/mol. The van der Waals surface area contributed by atoms with Gasteiger partial charge in [0.05, 0.1) is 14.2 Å². The van der Waals surface area contributed by atoms with Gasteiger partial charge in [0.25, 0.3) is 5.91 Å². The third-order valence-corrected chi connectivity index (χ3v) is 4.38. The normalized spacial score (nSPS) is 15.0. The summed E-state index contributed by atoms with van der Waals surface area (Å²) in [5, 5.41) is 0. The number of pyridine rings is 1. The van der Waals surface area contributed by atoms with Gasteiger partial charge in [-0.15, -0.1) is 0 Å². The van der Waals surface area contributed by atoms with E-state index in [1.54, 1.807) is 12.1 Å². The summed E-state index contributed by atoms with van der Waals surface area (Å²) in [7, 11) is 3.05. The van der Waals surface area contributed by atoms with Gasteiger partial charge in [-0.25, -0.2) is 0 Å². The number of methoxy groups -OCH3 is 2. The van der Waals surface area contributed by atoms with Gasteiger partial charge < -0.3 is 14.4 Å². The van der Waals surface area contributed by atoms with Gasteiger partial charge in [-0.3, -0.25) is 9.69 Å². The van der Waals surface area contributed by atoms with Crippen LogP contribution in [0.15, 0.2) is 42.5 Å². The number of rotatable bonds is 5. The van der Waals surface area contributed by atoms with E-state index in [-0.39, 0.29) is 5.91 Å². The number of benzene rings is 1. The Kier molecular flexibility index (Phi) is 5.50. The lowest BCUT2D eigenvalue weighted by Gasteiger charge is -2.34. The molecule has 2 heterocycles. The maximum Gasteiger partial charge on any atom is 0.259 e. The molecule has 0 radical (unpaired) electrons. The monoisotopic (exact) mass is 341 g/mol. The Morgan fingerprint density at radius 3 is 2.36 bits per heavy atom. The Labute approximate surface area is 148 Å². The Balaban J connectivity index is 1.62. The molecule has 2 aromatic rings. The Hall–Kier alpha value is -2.60. The smallest absolute Gasteiger partial charge is 0.259 e. The molecule has 6 nitrogen and oxygen atoms in total. The number of aromatic nitrogens is 1. The van der Waals surface area contributed by atoms with Gasteiger partial charge in [-0.05, 0) is 11.6 Å². The van der Waals surface area contributed by atoms with E-state index < -0.39 is 0 Å². The van der Waals surface area contributed by atoms with Crippen molar-refractivity contribution in [1.29, 1.82) is 0 Å². The van der Waals surface area contributed by atoms with Crippen molar-refractivity contribution < 1.29 is 14.3 Å². The van der Waals surface area contributed by atoms with Crippen molar-refractivity contribution >= 4 is 5.91 Å². The van der Waals surface area contributed by atoms with Crippen molar-refractivity contribution in [2.75, 3.05) is 40.4 Å². The molecule has 1 aromatic carbocycles. The molecule has 132 valence electrons. The van der Waals surface area contributed by atoms with Crippen LogP contribution >= 0.6 is 0 Å². The van der Waals surface area contributed by atoms with E-state index in [4.69, 9.17) is 9.47 Å². The third kappa shape index (κ3) is 4.09. The number of nitrogens with zero attached hydrogens (tertiary/aromatic N) is 3. The van der Waals surface area contributed by atoms with Gasteiger partial charge in [0.15, 0.2) is 0 Å². The number of ether oxygens (including phenoxy) is 2. The fourth-order valence-electron chi connectivity index (χ4n) is 2.98. The first-order valence-electron chi connectivity index (χ1n) is 8.36. The minimum atomic E-state index is -0.0497. The summed E-state index contributed by atoms with van der Waals surface area (Å²) in [6, 6.07) is 13.8. The highest BCUT2D eigenvalue weighted by Gasteiger charge is 2.25. The quantitative estimate of drug-likeness (QED) is 0.833. The number of carbonyl (C=O) groups excluding carboxylic acids is 1. The number of amides is 1. The molecule has 1 aliphatic heterocycles. The molecule has 3 rings (SSSR count). The van der Waals surface area contributed by atoms with Gasteiger partial charge in [0.1, 0.15) is 5.56 Å². The van der Waals surface area contributed by atoms with Gasteiger partial charge in [0.2, 0.25) is 11.8 Å². The minimum absolute atomic E-state index is 0.0497. The predicted octanol–water partition coefficient (Wildman–Crippen LogP) is 2.06. The van der Waals surface area contributed by atoms with E-state index in [0.717, 1.165) is 19.6 Å². The number of hydrogen-bond donors (Lipinski definition) is 0. The van der Waals surface area contributed by atoms with Crippen LogP contribution in [0.5, 0.6) is 11.8 Å². The molecule has 0 spiro atoms. The second kappa shape index (κ2) is 7.98. The van der Waals surface area contributed by atoms with Crippen LogP contribution in [0.25, 0.3) is 0 Å². The van der Waals surface area contributed by atoms with Crippen molar-refractivity contribution in [2.24, 2.45) is 0 Å². The van der Waals surface area contributed by atoms with Crippen LogP contribution in [0.2, 0.25) is 0 Å². The zero-order chi connectivity index (χ0) is 17.6. The van der Waals surface area contributed by atoms with E-state index in [2.05, 4.69) is 34.1 Å². The first kappa shape index (κ1) is 17.2. The van der Waals surface area contributed by atoms with Gasteiger partial charge in [-0.2, -0.15) is 4.98 Å². The second-order valence-electron chi connectivity index (χ2n) is 5.96. The summed E-state index contributed by atoms with van der Waals surface area (Å²) >= 11 is 0. The highest BCUT2D eigenvalue weighted by atomic mass is 16.5. The Morgan fingerprint density at radius 1 is 1.00 bits per heavy atom. The maximum atomic E-state index is 12.8. The fourth-order valence-corrected chi connectivity index (χ4v) is 2.98. The van der Waals surface area contributed by atoms with E-state index in [9.17, 15) is 4.79 Å². The highest BCUT2D eigenvalue weighted by Crippen LogP contribution is 2.22. The van der Waals surface area contributed by atoms with Crippen LogP contribution < -0.4 is 9.47 Å². The topological polar surface area (TPSA) is 54.9 Å². The molecule has 1 aliphatic rings. The van der Waals surface area contributed by atoms with Gasteiger partial charge in [-0.1, -0.05) is 30.3 Å². The third-order valence-electron chi connectivity index (χ3n) is 4.38. The maximum absolute atomic E-state index is 12.8. The lowest BCUT2D eigenvalue weighted by Crippen LogP contribution is -2.48. The van der Waals surface area contributed by atoms with Crippen molar-refractivity contribution in [3.05, 3.63) is 53.6 Å². The zero-order valence-corrected chi connectivity index (χ0v) is 14.6. The van der Waals surface area contributed by atoms with Crippen molar-refractivity contribution in [2.45, 2.75) is 6.54 Å². The molecule has 1 aromatic heterocycles. The standard InChI is InChI=1S/C19H23N3O3/c1-24-17-9-8-16(18(20-17)25-2)19(23)22-12-10-21(11-13-22)14-15-6-4-3-5-7-15/h3-9H,10-14H2,1-2H3. The van der Waals surface area contributed by atoms with E-state index in [1.807, 2.05) is 11.0 Å². The summed E-state index contributed by atoms with van der Waals surface area (Å²) in [4.78, 5) is 21.2. The van der Waals surface area contributed by atoms with E-state index in [0.29, 0.717) is 30.4 Å². The van der Waals surface area contributed by atoms with Crippen molar-refractivity contribution in [3.63, 3.8) is 0 Å². The molecule has 0 unspecified atom stereocenters. The number of carbonyl (C=O) groups is 1. The molecule has 1 fully saturated rings. The van der Waals surface area contributed by atoms with Crippen LogP contribution in [0.4, 0.5) is 0 Å². The summed E-state index contributed by atoms with van der Waals surface area (Å²) in [6.07, 6.45) is 0. The minimum Gasteiger partial charge on any atom is -0.481 e.